The summed E-state index contributed by atoms with van der Waals surface area (Å²) in [6, 6.07) is 11.9. The molecule has 2 aromatic carbocycles. The van der Waals surface area contributed by atoms with Crippen LogP contribution in [-0.4, -0.2) is 17.0 Å². The number of rotatable bonds is 1. The summed E-state index contributed by atoms with van der Waals surface area (Å²) in [6.07, 6.45) is -0.319. The lowest BCUT2D eigenvalue weighted by Crippen LogP contribution is -2.33. The van der Waals surface area contributed by atoms with Crippen molar-refractivity contribution in [3.8, 4) is 22.6 Å². The number of phenolic OH excluding ortho intramolecular Hbond substituents is 1. The Balaban J connectivity index is 2.13. The maximum atomic E-state index is 12.8. The number of fused-ring (bicyclic) bond motifs is 3. The molecule has 3 aromatic rings. The highest BCUT2D eigenvalue weighted by atomic mass is 16.5. The molecule has 0 amide bonds. The largest absolute Gasteiger partial charge is 0.507 e. The van der Waals surface area contributed by atoms with Crippen molar-refractivity contribution in [1.82, 2.24) is 0 Å². The number of phenols is 1. The lowest BCUT2D eigenvalue weighted by molar-refractivity contribution is 0.0731. The predicted octanol–water partition coefficient (Wildman–Crippen LogP) is 3.77. The number of hydrogen-bond acceptors (Lipinski definition) is 5. The maximum Gasteiger partial charge on any atom is 0.336 e. The number of carbonyl (C=O) groups excluding carboxylic acids is 1. The van der Waals surface area contributed by atoms with Crippen LogP contribution in [0.3, 0.4) is 0 Å². The molecular formula is C20H16O5. The van der Waals surface area contributed by atoms with Gasteiger partial charge in [0.05, 0.1) is 11.3 Å². The van der Waals surface area contributed by atoms with Gasteiger partial charge in [-0.1, -0.05) is 37.3 Å². The zero-order valence-corrected chi connectivity index (χ0v) is 13.8. The van der Waals surface area contributed by atoms with E-state index in [-0.39, 0.29) is 40.5 Å². The van der Waals surface area contributed by atoms with Gasteiger partial charge in [0, 0.05) is 17.7 Å². The minimum absolute atomic E-state index is 0.0742. The molecule has 0 fully saturated rings. The summed E-state index contributed by atoms with van der Waals surface area (Å²) in [5.74, 6) is -0.377. The highest BCUT2D eigenvalue weighted by Gasteiger charge is 2.35. The predicted molar refractivity (Wildman–Crippen MR) is 93.2 cm³/mol. The molecule has 25 heavy (non-hydrogen) atoms. The molecule has 1 N–H and O–H groups in total. The van der Waals surface area contributed by atoms with E-state index >= 15 is 0 Å². The van der Waals surface area contributed by atoms with E-state index in [1.54, 1.807) is 13.8 Å². The number of Topliss-reactive ketones (excluding diaryl/α,β-unsaturated/α-hetero) is 1. The van der Waals surface area contributed by atoms with Crippen LogP contribution in [0.1, 0.15) is 24.2 Å². The Bertz CT molecular complexity index is 1050. The molecule has 0 saturated heterocycles. The molecule has 0 saturated carbocycles. The minimum atomic E-state index is -0.585. The number of hydrogen-bond donors (Lipinski definition) is 1. The highest BCUT2D eigenvalue weighted by Crippen LogP contribution is 2.43. The summed E-state index contributed by atoms with van der Waals surface area (Å²) in [6.45, 7) is 3.57. The Labute approximate surface area is 143 Å². The van der Waals surface area contributed by atoms with Gasteiger partial charge in [-0.15, -0.1) is 0 Å². The molecule has 1 aliphatic rings. The van der Waals surface area contributed by atoms with Gasteiger partial charge in [-0.25, -0.2) is 4.79 Å². The summed E-state index contributed by atoms with van der Waals surface area (Å²) in [4.78, 5) is 24.9. The first-order valence-corrected chi connectivity index (χ1v) is 8.07. The van der Waals surface area contributed by atoms with E-state index in [9.17, 15) is 14.7 Å². The molecule has 0 radical (unpaired) electrons. The lowest BCUT2D eigenvalue weighted by atomic mass is 9.89. The highest BCUT2D eigenvalue weighted by molar-refractivity contribution is 6.14. The van der Waals surface area contributed by atoms with E-state index in [1.165, 1.54) is 12.1 Å². The van der Waals surface area contributed by atoms with Gasteiger partial charge in [0.2, 0.25) is 0 Å². The molecule has 5 nitrogen and oxygen atoms in total. The van der Waals surface area contributed by atoms with Gasteiger partial charge in [0.1, 0.15) is 23.2 Å². The molecule has 0 aliphatic carbocycles. The molecule has 126 valence electrons. The lowest BCUT2D eigenvalue weighted by Gasteiger charge is -2.28. The third kappa shape index (κ3) is 2.31. The number of benzene rings is 2. The van der Waals surface area contributed by atoms with E-state index in [0.29, 0.717) is 10.9 Å². The van der Waals surface area contributed by atoms with Crippen molar-refractivity contribution in [3.63, 3.8) is 0 Å². The van der Waals surface area contributed by atoms with Crippen LogP contribution in [0.5, 0.6) is 11.5 Å². The molecule has 4 rings (SSSR count). The van der Waals surface area contributed by atoms with Crippen molar-refractivity contribution in [1.29, 1.82) is 0 Å². The summed E-state index contributed by atoms with van der Waals surface area (Å²) >= 11 is 0. The van der Waals surface area contributed by atoms with Crippen LogP contribution >= 0.6 is 0 Å². The van der Waals surface area contributed by atoms with Crippen molar-refractivity contribution in [3.05, 3.63) is 58.4 Å². The van der Waals surface area contributed by atoms with Gasteiger partial charge in [0.15, 0.2) is 11.4 Å². The zero-order valence-electron chi connectivity index (χ0n) is 13.8. The number of carbonyl (C=O) groups is 1. The van der Waals surface area contributed by atoms with E-state index in [4.69, 9.17) is 9.15 Å². The Hall–Kier alpha value is -3.08. The van der Waals surface area contributed by atoms with E-state index in [1.807, 2.05) is 30.3 Å². The Morgan fingerprint density at radius 2 is 1.76 bits per heavy atom. The van der Waals surface area contributed by atoms with Crippen LogP contribution < -0.4 is 10.4 Å². The molecule has 2 heterocycles. The van der Waals surface area contributed by atoms with Crippen molar-refractivity contribution in [2.45, 2.75) is 20.0 Å². The maximum absolute atomic E-state index is 12.8. The first kappa shape index (κ1) is 15.4. The summed E-state index contributed by atoms with van der Waals surface area (Å²) < 4.78 is 11.1. The van der Waals surface area contributed by atoms with Gasteiger partial charge in [0.25, 0.3) is 0 Å². The summed E-state index contributed by atoms with van der Waals surface area (Å²) in [5.41, 5.74) is 0.976. The Morgan fingerprint density at radius 3 is 2.48 bits per heavy atom. The second-order valence-electron chi connectivity index (χ2n) is 6.29. The van der Waals surface area contributed by atoms with Crippen LogP contribution in [0.4, 0.5) is 0 Å². The van der Waals surface area contributed by atoms with Crippen LogP contribution in [-0.2, 0) is 0 Å². The third-order valence-electron chi connectivity index (χ3n) is 4.72. The first-order valence-electron chi connectivity index (χ1n) is 8.07. The van der Waals surface area contributed by atoms with Crippen LogP contribution in [0.15, 0.2) is 51.7 Å². The van der Waals surface area contributed by atoms with Crippen LogP contribution in [0, 0.1) is 5.92 Å². The van der Waals surface area contributed by atoms with E-state index in [2.05, 4.69) is 0 Å². The SMILES string of the molecule is C[C@H]1Oc2cc(O)c3c(-c4ccccc4)cc(=O)oc3c2C(=O)[C@@H]1C. The summed E-state index contributed by atoms with van der Waals surface area (Å²) in [7, 11) is 0. The Morgan fingerprint density at radius 1 is 1.04 bits per heavy atom. The topological polar surface area (TPSA) is 76.7 Å². The smallest absolute Gasteiger partial charge is 0.336 e. The first-order chi connectivity index (χ1) is 12.0. The molecule has 2 atom stereocenters. The van der Waals surface area contributed by atoms with Gasteiger partial charge < -0.3 is 14.3 Å². The fraction of sp³-hybridized carbons (Fsp3) is 0.200. The molecular weight excluding hydrogens is 320 g/mol. The molecule has 1 aromatic heterocycles. The standard InChI is InChI=1S/C20H16O5/c1-10-11(2)24-15-9-14(21)17-13(12-6-4-3-5-7-12)8-16(22)25-20(17)18(15)19(10)23/h3-11,21H,1-2H3/t10-,11-/m1/s1. The minimum Gasteiger partial charge on any atom is -0.507 e. The van der Waals surface area contributed by atoms with E-state index in [0.717, 1.165) is 5.56 Å². The molecule has 0 bridgehead atoms. The molecule has 5 heteroatoms. The van der Waals surface area contributed by atoms with Crippen molar-refractivity contribution in [2.75, 3.05) is 0 Å². The third-order valence-corrected chi connectivity index (χ3v) is 4.72. The zero-order chi connectivity index (χ0) is 17.7. The molecule has 0 spiro atoms. The van der Waals surface area contributed by atoms with Crippen molar-refractivity contribution in [2.24, 2.45) is 5.92 Å². The van der Waals surface area contributed by atoms with Crippen LogP contribution in [0.2, 0.25) is 0 Å². The Kier molecular flexibility index (Phi) is 3.39. The van der Waals surface area contributed by atoms with Crippen molar-refractivity contribution >= 4 is 16.8 Å². The number of ketones is 1. The average molecular weight is 336 g/mol. The number of ether oxygens (including phenoxy) is 1. The normalized spacial score (nSPS) is 19.5. The second-order valence-corrected chi connectivity index (χ2v) is 6.29. The van der Waals surface area contributed by atoms with E-state index < -0.39 is 5.63 Å². The molecule has 1 aliphatic heterocycles. The second kappa shape index (κ2) is 5.48. The van der Waals surface area contributed by atoms with Crippen LogP contribution in [0.25, 0.3) is 22.1 Å². The molecule has 0 unspecified atom stereocenters. The fourth-order valence-corrected chi connectivity index (χ4v) is 3.22. The van der Waals surface area contributed by atoms with Gasteiger partial charge in [-0.3, -0.25) is 4.79 Å². The van der Waals surface area contributed by atoms with Gasteiger partial charge in [-0.2, -0.15) is 0 Å². The van der Waals surface area contributed by atoms with Crippen molar-refractivity contribution < 1.29 is 19.1 Å². The number of aromatic hydroxyl groups is 1. The summed E-state index contributed by atoms with van der Waals surface area (Å²) in [5, 5.41) is 10.9. The fourth-order valence-electron chi connectivity index (χ4n) is 3.22. The van der Waals surface area contributed by atoms with Gasteiger partial charge in [-0.05, 0) is 12.5 Å². The quantitative estimate of drug-likeness (QED) is 0.685. The monoisotopic (exact) mass is 336 g/mol. The van der Waals surface area contributed by atoms with Gasteiger partial charge >= 0.3 is 5.63 Å². The average Bonchev–Trinajstić information content (AvgIpc) is 2.59.